The first kappa shape index (κ1) is 18.8. The van der Waals surface area contributed by atoms with E-state index in [2.05, 4.69) is 32.7 Å². The second kappa shape index (κ2) is 6.99. The smallest absolute Gasteiger partial charge is 0.416 e. The molecule has 0 amide bonds. The van der Waals surface area contributed by atoms with E-state index in [0.29, 0.717) is 22.1 Å². The number of hydrogen-bond acceptors (Lipinski definition) is 5. The molecule has 3 aromatic rings. The van der Waals surface area contributed by atoms with Gasteiger partial charge in [-0.3, -0.25) is 0 Å². The van der Waals surface area contributed by atoms with E-state index in [1.165, 1.54) is 35.3 Å². The second-order valence-electron chi connectivity index (χ2n) is 5.27. The fourth-order valence-electron chi connectivity index (χ4n) is 2.27. The van der Waals surface area contributed by atoms with Gasteiger partial charge in [-0.15, -0.1) is 0 Å². The van der Waals surface area contributed by atoms with Crippen LogP contribution >= 0.6 is 33.9 Å². The number of hydrogen-bond donors (Lipinski definition) is 0. The van der Waals surface area contributed by atoms with Crippen molar-refractivity contribution in [3.05, 3.63) is 50.2 Å². The van der Waals surface area contributed by atoms with E-state index in [0.717, 1.165) is 15.0 Å². The Bertz CT molecular complexity index is 964. The normalized spacial score (nSPS) is 11.6. The molecule has 136 valence electrons. The number of methoxy groups -OCH3 is 1. The molecule has 0 saturated carbocycles. The molecule has 0 unspecified atom stereocenters. The van der Waals surface area contributed by atoms with Crippen molar-refractivity contribution >= 4 is 39.9 Å². The quantitative estimate of drug-likeness (QED) is 0.392. The highest BCUT2D eigenvalue weighted by molar-refractivity contribution is 14.1. The number of halogens is 4. The summed E-state index contributed by atoms with van der Waals surface area (Å²) in [6.45, 7) is 1.73. The van der Waals surface area contributed by atoms with Crippen LogP contribution in [0.1, 0.15) is 21.7 Å². The molecule has 3 rings (SSSR count). The Morgan fingerprint density at radius 1 is 1.27 bits per heavy atom. The average molecular weight is 493 g/mol. The lowest BCUT2D eigenvalue weighted by Crippen LogP contribution is -2.10. The molecule has 26 heavy (non-hydrogen) atoms. The number of ether oxygens (including phenoxy) is 1. The molecular formula is C16H11F3IN3O2S. The number of thiazole rings is 1. The summed E-state index contributed by atoms with van der Waals surface area (Å²) in [7, 11) is 1.27. The van der Waals surface area contributed by atoms with Crippen molar-refractivity contribution in [2.45, 2.75) is 13.1 Å². The molecule has 0 spiro atoms. The number of rotatable bonds is 3. The maximum Gasteiger partial charge on any atom is 0.416 e. The number of nitrogens with zero attached hydrogens (tertiary/aromatic N) is 3. The third-order valence-electron chi connectivity index (χ3n) is 3.47. The van der Waals surface area contributed by atoms with Crippen molar-refractivity contribution in [2.24, 2.45) is 0 Å². The van der Waals surface area contributed by atoms with Gasteiger partial charge in [-0.05, 0) is 47.7 Å². The Balaban J connectivity index is 2.02. The zero-order valence-electron chi connectivity index (χ0n) is 13.5. The molecule has 2 heterocycles. The molecule has 0 bridgehead atoms. The van der Waals surface area contributed by atoms with Crippen LogP contribution in [-0.4, -0.2) is 27.8 Å². The third-order valence-corrected chi connectivity index (χ3v) is 5.46. The molecule has 0 fully saturated rings. The predicted octanol–water partition coefficient (Wildman–Crippen LogP) is 4.71. The summed E-state index contributed by atoms with van der Waals surface area (Å²) >= 11 is 3.33. The number of aromatic nitrogens is 3. The monoisotopic (exact) mass is 493 g/mol. The van der Waals surface area contributed by atoms with Gasteiger partial charge in [0.25, 0.3) is 0 Å². The number of carbonyl (C=O) groups excluding carboxylic acids is 1. The number of esters is 1. The Morgan fingerprint density at radius 3 is 2.50 bits per heavy atom. The van der Waals surface area contributed by atoms with E-state index < -0.39 is 17.7 Å². The molecule has 10 heteroatoms. The van der Waals surface area contributed by atoms with Gasteiger partial charge in [0, 0.05) is 5.56 Å². The Labute approximate surface area is 164 Å². The lowest BCUT2D eigenvalue weighted by atomic mass is 10.1. The summed E-state index contributed by atoms with van der Waals surface area (Å²) < 4.78 is 45.0. The van der Waals surface area contributed by atoms with Gasteiger partial charge in [0.2, 0.25) is 5.13 Å². The average Bonchev–Trinajstić information content (AvgIpc) is 3.16. The zero-order valence-corrected chi connectivity index (χ0v) is 16.4. The third kappa shape index (κ3) is 3.61. The maximum atomic E-state index is 12.7. The van der Waals surface area contributed by atoms with Crippen LogP contribution in [0.5, 0.6) is 0 Å². The van der Waals surface area contributed by atoms with E-state index in [4.69, 9.17) is 4.74 Å². The molecule has 5 nitrogen and oxygen atoms in total. The standard InChI is InChI=1S/C16H11F3IN3O2S/c1-8-7-11(14(24)25-2)23(22-8)15-21-12(13(20)26-15)9-3-5-10(6-4-9)16(17,18)19/h3-7H,1-2H3. The first-order valence-electron chi connectivity index (χ1n) is 7.20. The van der Waals surface area contributed by atoms with Gasteiger partial charge in [-0.25, -0.2) is 9.78 Å². The van der Waals surface area contributed by atoms with Crippen LogP contribution in [0.15, 0.2) is 30.3 Å². The van der Waals surface area contributed by atoms with Gasteiger partial charge in [0.1, 0.15) is 0 Å². The summed E-state index contributed by atoms with van der Waals surface area (Å²) in [6, 6.07) is 6.36. The Hall–Kier alpha value is -1.95. The summed E-state index contributed by atoms with van der Waals surface area (Å²) in [4.78, 5) is 16.4. The number of alkyl halides is 3. The SMILES string of the molecule is COC(=O)c1cc(C)nn1-c1nc(-c2ccc(C(F)(F)F)cc2)c(I)s1. The van der Waals surface area contributed by atoms with E-state index in [1.807, 2.05) is 0 Å². The summed E-state index contributed by atoms with van der Waals surface area (Å²) in [5, 5.41) is 4.68. The van der Waals surface area contributed by atoms with Gasteiger partial charge in [0.15, 0.2) is 5.69 Å². The first-order valence-corrected chi connectivity index (χ1v) is 9.09. The Morgan fingerprint density at radius 2 is 1.92 bits per heavy atom. The highest BCUT2D eigenvalue weighted by atomic mass is 127. The van der Waals surface area contributed by atoms with Crippen LogP contribution in [-0.2, 0) is 10.9 Å². The highest BCUT2D eigenvalue weighted by Crippen LogP contribution is 2.34. The van der Waals surface area contributed by atoms with Gasteiger partial charge >= 0.3 is 12.1 Å². The van der Waals surface area contributed by atoms with Crippen LogP contribution < -0.4 is 0 Å². The first-order chi connectivity index (χ1) is 12.2. The second-order valence-corrected chi connectivity index (χ2v) is 8.06. The molecule has 2 aromatic heterocycles. The van der Waals surface area contributed by atoms with Crippen molar-refractivity contribution in [1.82, 2.24) is 14.8 Å². The maximum absolute atomic E-state index is 12.7. The van der Waals surface area contributed by atoms with Crippen LogP contribution in [0, 0.1) is 9.81 Å². The minimum atomic E-state index is -4.39. The lowest BCUT2D eigenvalue weighted by Gasteiger charge is -2.06. The van der Waals surface area contributed by atoms with E-state index in [-0.39, 0.29) is 5.69 Å². The van der Waals surface area contributed by atoms with Crippen molar-refractivity contribution < 1.29 is 22.7 Å². The molecule has 0 N–H and O–H groups in total. The fourth-order valence-corrected chi connectivity index (χ4v) is 4.08. The van der Waals surface area contributed by atoms with Crippen molar-refractivity contribution in [3.63, 3.8) is 0 Å². The van der Waals surface area contributed by atoms with Crippen molar-refractivity contribution in [2.75, 3.05) is 7.11 Å². The molecule has 0 radical (unpaired) electrons. The van der Waals surface area contributed by atoms with Crippen LogP contribution in [0.2, 0.25) is 0 Å². The molecule has 0 aliphatic heterocycles. The van der Waals surface area contributed by atoms with Crippen LogP contribution in [0.25, 0.3) is 16.4 Å². The van der Waals surface area contributed by atoms with E-state index in [9.17, 15) is 18.0 Å². The summed E-state index contributed by atoms with van der Waals surface area (Å²) in [6.07, 6.45) is -4.39. The summed E-state index contributed by atoms with van der Waals surface area (Å²) in [5.41, 5.74) is 1.21. The molecule has 1 aromatic carbocycles. The van der Waals surface area contributed by atoms with Crippen molar-refractivity contribution in [3.8, 4) is 16.4 Å². The molecule has 0 saturated heterocycles. The topological polar surface area (TPSA) is 57.0 Å². The molecule has 0 aliphatic carbocycles. The minimum Gasteiger partial charge on any atom is -0.464 e. The summed E-state index contributed by atoms with van der Waals surface area (Å²) in [5.74, 6) is -0.549. The van der Waals surface area contributed by atoms with Gasteiger partial charge in [-0.1, -0.05) is 23.5 Å². The van der Waals surface area contributed by atoms with Gasteiger partial charge in [-0.2, -0.15) is 23.0 Å². The minimum absolute atomic E-state index is 0.231. The van der Waals surface area contributed by atoms with Crippen molar-refractivity contribution in [1.29, 1.82) is 0 Å². The highest BCUT2D eigenvalue weighted by Gasteiger charge is 2.30. The Kier molecular flexibility index (Phi) is 5.06. The predicted molar refractivity (Wildman–Crippen MR) is 98.5 cm³/mol. The molecule has 0 aliphatic rings. The fraction of sp³-hybridized carbons (Fsp3) is 0.188. The van der Waals surface area contributed by atoms with Gasteiger partial charge < -0.3 is 4.74 Å². The van der Waals surface area contributed by atoms with Crippen LogP contribution in [0.3, 0.4) is 0 Å². The number of aryl methyl sites for hydroxylation is 1. The zero-order chi connectivity index (χ0) is 19.1. The van der Waals surface area contributed by atoms with Crippen LogP contribution in [0.4, 0.5) is 13.2 Å². The number of carbonyl (C=O) groups is 1. The number of benzene rings is 1. The molecule has 0 atom stereocenters. The largest absolute Gasteiger partial charge is 0.464 e. The lowest BCUT2D eigenvalue weighted by molar-refractivity contribution is -0.137. The van der Waals surface area contributed by atoms with Gasteiger partial charge in [0.05, 0.1) is 26.9 Å². The molecular weight excluding hydrogens is 482 g/mol. The van der Waals surface area contributed by atoms with E-state index in [1.54, 1.807) is 13.0 Å². The van der Waals surface area contributed by atoms with E-state index >= 15 is 0 Å².